The Kier molecular flexibility index (Phi) is 5.99. The number of ether oxygens (including phenoxy) is 1. The summed E-state index contributed by atoms with van der Waals surface area (Å²) in [6.07, 6.45) is 5.38. The summed E-state index contributed by atoms with van der Waals surface area (Å²) in [5, 5.41) is 9.11. The minimum absolute atomic E-state index is 0.0686. The molecule has 0 saturated carbocycles. The van der Waals surface area contributed by atoms with E-state index in [-0.39, 0.29) is 34.9 Å². The lowest BCUT2D eigenvalue weighted by molar-refractivity contribution is -0.0505. The first-order chi connectivity index (χ1) is 17.3. The number of hydrogen-bond donors (Lipinski definition) is 1. The third kappa shape index (κ3) is 4.55. The van der Waals surface area contributed by atoms with Crippen LogP contribution in [0.2, 0.25) is 0 Å². The molecule has 0 aliphatic heterocycles. The van der Waals surface area contributed by atoms with Crippen molar-refractivity contribution in [3.63, 3.8) is 0 Å². The molecule has 3 heterocycles. The Labute approximate surface area is 210 Å². The summed E-state index contributed by atoms with van der Waals surface area (Å²) in [6.45, 7) is -0.0168. The average Bonchev–Trinajstić information content (AvgIpc) is 3.35. The van der Waals surface area contributed by atoms with Crippen LogP contribution in [0.15, 0.2) is 48.9 Å². The highest BCUT2D eigenvalue weighted by molar-refractivity contribution is 7.90. The summed E-state index contributed by atoms with van der Waals surface area (Å²) in [6, 6.07) is 7.37. The molecule has 2 atom stereocenters. The fourth-order valence-electron chi connectivity index (χ4n) is 4.74. The maximum Gasteiger partial charge on any atom is 0.387 e. The molecular weight excluding hydrogens is 509 g/mol. The largest absolute Gasteiger partial charge is 0.435 e. The number of nitrogens with zero attached hydrogens (tertiary/aromatic N) is 4. The first-order valence-electron chi connectivity index (χ1n) is 11.3. The molecule has 4 aromatic rings. The number of alkyl halides is 2. The van der Waals surface area contributed by atoms with Crippen molar-refractivity contribution < 1.29 is 31.4 Å². The van der Waals surface area contributed by atoms with Gasteiger partial charge in [0.1, 0.15) is 28.1 Å². The number of aromatic nitrogens is 4. The highest BCUT2D eigenvalue weighted by atomic mass is 32.2. The lowest BCUT2D eigenvalue weighted by Gasteiger charge is -2.18. The lowest BCUT2D eigenvalue weighted by atomic mass is 9.95. The van der Waals surface area contributed by atoms with E-state index in [1.54, 1.807) is 22.6 Å². The van der Waals surface area contributed by atoms with Gasteiger partial charge in [-0.2, -0.15) is 8.78 Å². The van der Waals surface area contributed by atoms with E-state index in [1.807, 2.05) is 0 Å². The maximum absolute atomic E-state index is 15.2. The van der Waals surface area contributed by atoms with Gasteiger partial charge in [-0.05, 0) is 26.3 Å². The number of imidazole rings is 1. The summed E-state index contributed by atoms with van der Waals surface area (Å²) in [5.41, 5.74) is 0.398. The van der Waals surface area contributed by atoms with Crippen molar-refractivity contribution in [2.24, 2.45) is 0 Å². The molecule has 0 saturated heterocycles. The summed E-state index contributed by atoms with van der Waals surface area (Å²) >= 11 is 0. The Morgan fingerprint density at radius 1 is 1.19 bits per heavy atom. The highest BCUT2D eigenvalue weighted by Crippen LogP contribution is 2.49. The van der Waals surface area contributed by atoms with Crippen LogP contribution in [0.1, 0.15) is 54.2 Å². The van der Waals surface area contributed by atoms with E-state index in [2.05, 4.69) is 15.0 Å². The molecule has 194 valence electrons. The smallest absolute Gasteiger partial charge is 0.387 e. The second-order valence-corrected chi connectivity index (χ2v) is 11.8. The normalized spacial score (nSPS) is 17.9. The van der Waals surface area contributed by atoms with Crippen LogP contribution in [0.25, 0.3) is 16.8 Å². The first-order valence-corrected chi connectivity index (χ1v) is 13.3. The van der Waals surface area contributed by atoms with Gasteiger partial charge >= 0.3 is 6.61 Å². The Morgan fingerprint density at radius 2 is 1.86 bits per heavy atom. The van der Waals surface area contributed by atoms with Gasteiger partial charge in [0.25, 0.3) is 0 Å². The lowest BCUT2D eigenvalue weighted by Crippen LogP contribution is -2.19. The minimum atomic E-state index is -3.63. The number of sulfone groups is 1. The Morgan fingerprint density at radius 3 is 2.49 bits per heavy atom. The van der Waals surface area contributed by atoms with Crippen molar-refractivity contribution in [3.8, 4) is 16.9 Å². The van der Waals surface area contributed by atoms with Crippen LogP contribution >= 0.6 is 0 Å². The topological polar surface area (TPSA) is 107 Å². The van der Waals surface area contributed by atoms with Gasteiger partial charge in [-0.3, -0.25) is 0 Å². The van der Waals surface area contributed by atoms with Gasteiger partial charge in [-0.1, -0.05) is 18.2 Å². The zero-order valence-corrected chi connectivity index (χ0v) is 20.9. The number of pyridine rings is 1. The molecule has 5 rings (SSSR count). The third-order valence-corrected chi connectivity index (χ3v) is 7.85. The Hall–Kier alpha value is -3.51. The number of para-hydroxylation sites is 1. The molecule has 0 amide bonds. The molecule has 1 N–H and O–H groups in total. The van der Waals surface area contributed by atoms with Crippen LogP contribution < -0.4 is 4.74 Å². The van der Waals surface area contributed by atoms with Crippen molar-refractivity contribution in [1.29, 1.82) is 0 Å². The molecular formula is C25H23F3N4O4S. The van der Waals surface area contributed by atoms with Crippen LogP contribution in [0.5, 0.6) is 5.75 Å². The molecule has 0 fully saturated rings. The third-order valence-electron chi connectivity index (χ3n) is 6.40. The Balaban J connectivity index is 1.71. The number of rotatable bonds is 6. The SMILES string of the molecule is CC(C)(O)c1ncc(-c2cn3c4c(nc3cc2F)C(S(C)(=O)=O)C[C@@H]4c2ccccc2OC(F)F)cn1. The maximum atomic E-state index is 15.2. The summed E-state index contributed by atoms with van der Waals surface area (Å²) in [7, 11) is -3.63. The van der Waals surface area contributed by atoms with Crippen LogP contribution in [0.4, 0.5) is 13.2 Å². The zero-order chi connectivity index (χ0) is 26.7. The van der Waals surface area contributed by atoms with E-state index in [9.17, 15) is 22.3 Å². The second kappa shape index (κ2) is 8.80. The van der Waals surface area contributed by atoms with E-state index in [1.165, 1.54) is 44.6 Å². The van der Waals surface area contributed by atoms with Gasteiger partial charge in [0.15, 0.2) is 15.7 Å². The van der Waals surface area contributed by atoms with Crippen molar-refractivity contribution in [1.82, 2.24) is 19.4 Å². The quantitative estimate of drug-likeness (QED) is 0.393. The second-order valence-electron chi connectivity index (χ2n) is 9.52. The summed E-state index contributed by atoms with van der Waals surface area (Å²) in [5.74, 6) is -1.21. The van der Waals surface area contributed by atoms with Gasteiger partial charge in [0.05, 0.1) is 11.4 Å². The molecule has 1 aliphatic carbocycles. The number of fused-ring (bicyclic) bond motifs is 3. The molecule has 1 unspecified atom stereocenters. The predicted molar refractivity (Wildman–Crippen MR) is 129 cm³/mol. The number of benzene rings is 1. The Bertz CT molecular complexity index is 1600. The molecule has 12 heteroatoms. The van der Waals surface area contributed by atoms with E-state index >= 15 is 4.39 Å². The fourth-order valence-corrected chi connectivity index (χ4v) is 5.86. The van der Waals surface area contributed by atoms with E-state index in [0.717, 1.165) is 6.26 Å². The van der Waals surface area contributed by atoms with E-state index in [4.69, 9.17) is 4.74 Å². The molecule has 8 nitrogen and oxygen atoms in total. The van der Waals surface area contributed by atoms with E-state index < -0.39 is 39.0 Å². The molecule has 3 aromatic heterocycles. The van der Waals surface area contributed by atoms with Gasteiger partial charge in [0, 0.05) is 53.5 Å². The molecule has 0 bridgehead atoms. The molecule has 0 radical (unpaired) electrons. The van der Waals surface area contributed by atoms with Crippen molar-refractivity contribution >= 4 is 15.5 Å². The average molecular weight is 533 g/mol. The van der Waals surface area contributed by atoms with Crippen molar-refractivity contribution in [2.75, 3.05) is 6.26 Å². The van der Waals surface area contributed by atoms with Crippen molar-refractivity contribution in [2.45, 2.75) is 43.6 Å². The number of hydrogen-bond acceptors (Lipinski definition) is 7. The van der Waals surface area contributed by atoms with Gasteiger partial charge < -0.3 is 14.2 Å². The standard InChI is InChI=1S/C25H23F3N4O4S/c1-25(2,33)23-29-10-13(11-30-23)16-12-32-20(9-17(16)26)31-21-19(37(3,34)35)8-15(22(21)32)14-6-4-5-7-18(14)36-24(27)28/h4-7,9-12,15,19,24,33H,8H2,1-3H3/t15-,19?/m1/s1. The van der Waals surface area contributed by atoms with Crippen LogP contribution in [-0.2, 0) is 15.4 Å². The van der Waals surface area contributed by atoms with Crippen LogP contribution in [0, 0.1) is 5.82 Å². The minimum Gasteiger partial charge on any atom is -0.435 e. The highest BCUT2D eigenvalue weighted by Gasteiger charge is 2.43. The van der Waals surface area contributed by atoms with E-state index in [0.29, 0.717) is 16.8 Å². The number of halogens is 3. The number of aliphatic hydroxyl groups is 1. The molecule has 0 spiro atoms. The van der Waals surface area contributed by atoms with Gasteiger partial charge in [0.2, 0.25) is 0 Å². The van der Waals surface area contributed by atoms with Gasteiger partial charge in [-0.15, -0.1) is 0 Å². The predicted octanol–water partition coefficient (Wildman–Crippen LogP) is 4.38. The molecule has 37 heavy (non-hydrogen) atoms. The molecule has 1 aromatic carbocycles. The van der Waals surface area contributed by atoms with Gasteiger partial charge in [-0.25, -0.2) is 27.8 Å². The zero-order valence-electron chi connectivity index (χ0n) is 20.1. The fraction of sp³-hybridized carbons (Fsp3) is 0.320. The summed E-state index contributed by atoms with van der Waals surface area (Å²) in [4.78, 5) is 12.7. The molecule has 1 aliphatic rings. The van der Waals surface area contributed by atoms with Crippen LogP contribution in [-0.4, -0.2) is 45.7 Å². The van der Waals surface area contributed by atoms with Crippen molar-refractivity contribution in [3.05, 3.63) is 77.5 Å². The monoisotopic (exact) mass is 532 g/mol. The first kappa shape index (κ1) is 25.2. The van der Waals surface area contributed by atoms with Crippen LogP contribution in [0.3, 0.4) is 0 Å². The summed E-state index contributed by atoms with van der Waals surface area (Å²) < 4.78 is 73.1.